The maximum atomic E-state index is 12.4. The summed E-state index contributed by atoms with van der Waals surface area (Å²) in [5.41, 5.74) is 1.64. The van der Waals surface area contributed by atoms with E-state index in [1.807, 2.05) is 6.92 Å². The molecule has 4 amide bonds. The van der Waals surface area contributed by atoms with Crippen LogP contribution in [0.4, 0.5) is 4.79 Å². The van der Waals surface area contributed by atoms with Crippen LogP contribution in [-0.2, 0) is 9.59 Å². The Bertz CT molecular complexity index is 414. The highest BCUT2D eigenvalue weighted by Crippen LogP contribution is 2.35. The number of hydrazine groups is 1. The van der Waals surface area contributed by atoms with Gasteiger partial charge in [0, 0.05) is 6.42 Å². The number of rotatable bonds is 4. The quantitative estimate of drug-likeness (QED) is 0.770. The third-order valence-electron chi connectivity index (χ3n) is 4.28. The molecule has 1 saturated heterocycles. The summed E-state index contributed by atoms with van der Waals surface area (Å²) < 4.78 is 0. The molecule has 2 rings (SSSR count). The summed E-state index contributed by atoms with van der Waals surface area (Å²) in [5, 5.41) is 3.64. The van der Waals surface area contributed by atoms with Crippen molar-refractivity contribution in [2.75, 3.05) is 0 Å². The lowest BCUT2D eigenvalue weighted by molar-refractivity contribution is -0.140. The van der Waals surface area contributed by atoms with Gasteiger partial charge in [0.05, 0.1) is 0 Å². The van der Waals surface area contributed by atoms with Gasteiger partial charge >= 0.3 is 6.03 Å². The van der Waals surface area contributed by atoms with Gasteiger partial charge in [0.2, 0.25) is 5.91 Å². The Kier molecular flexibility index (Phi) is 4.30. The highest BCUT2D eigenvalue weighted by Gasteiger charge is 2.52. The van der Waals surface area contributed by atoms with Gasteiger partial charge in [-0.2, -0.15) is 5.01 Å². The molecule has 0 aromatic heterocycles. The summed E-state index contributed by atoms with van der Waals surface area (Å²) in [5.74, 6) is -0.00523. The molecule has 20 heavy (non-hydrogen) atoms. The normalized spacial score (nSPS) is 29.7. The van der Waals surface area contributed by atoms with Crippen LogP contribution in [0, 0.1) is 5.92 Å². The van der Waals surface area contributed by atoms with E-state index in [0.717, 1.165) is 30.7 Å². The minimum atomic E-state index is -0.790. The number of hydrogen-bond donors (Lipinski definition) is 2. The average molecular weight is 281 g/mol. The van der Waals surface area contributed by atoms with Gasteiger partial charge in [0.15, 0.2) is 0 Å². The fourth-order valence-corrected chi connectivity index (χ4v) is 2.83. The standard InChI is InChI=1S/C14H23N3O3/c1-3-4-5-11(18)16-17-12(19)14(15-13(17)20)8-6-10(2)7-9-14/h10H,3-9H2,1-2H3,(H,15,20)(H,16,18). The predicted octanol–water partition coefficient (Wildman–Crippen LogP) is 1.71. The fourth-order valence-electron chi connectivity index (χ4n) is 2.83. The molecule has 0 unspecified atom stereocenters. The van der Waals surface area contributed by atoms with Gasteiger partial charge in [0.25, 0.3) is 5.91 Å². The Morgan fingerprint density at radius 2 is 2.05 bits per heavy atom. The number of carbonyl (C=O) groups excluding carboxylic acids is 3. The van der Waals surface area contributed by atoms with E-state index in [0.29, 0.717) is 25.2 Å². The third kappa shape index (κ3) is 2.78. The Morgan fingerprint density at radius 1 is 1.40 bits per heavy atom. The van der Waals surface area contributed by atoms with Crippen LogP contribution in [0.1, 0.15) is 58.8 Å². The highest BCUT2D eigenvalue weighted by molar-refractivity contribution is 6.07. The Labute approximate surface area is 119 Å². The van der Waals surface area contributed by atoms with Crippen LogP contribution < -0.4 is 10.7 Å². The summed E-state index contributed by atoms with van der Waals surface area (Å²) in [4.78, 5) is 36.1. The van der Waals surface area contributed by atoms with E-state index >= 15 is 0 Å². The molecule has 2 fully saturated rings. The van der Waals surface area contributed by atoms with Crippen LogP contribution in [0.15, 0.2) is 0 Å². The van der Waals surface area contributed by atoms with Crippen molar-refractivity contribution < 1.29 is 14.4 Å². The minimum absolute atomic E-state index is 0.281. The molecule has 1 spiro atoms. The second-order valence-electron chi connectivity index (χ2n) is 5.97. The molecule has 0 aromatic rings. The van der Waals surface area contributed by atoms with Gasteiger partial charge in [-0.15, -0.1) is 0 Å². The zero-order chi connectivity index (χ0) is 14.8. The molecule has 2 aliphatic rings. The number of nitrogens with one attached hydrogen (secondary N) is 2. The topological polar surface area (TPSA) is 78.5 Å². The zero-order valence-electron chi connectivity index (χ0n) is 12.2. The molecule has 0 radical (unpaired) electrons. The molecule has 0 aromatic carbocycles. The number of hydrogen-bond acceptors (Lipinski definition) is 3. The maximum absolute atomic E-state index is 12.4. The SMILES string of the molecule is CCCCC(=O)NN1C(=O)NC2(CCC(C)CC2)C1=O. The second kappa shape index (κ2) is 5.81. The largest absolute Gasteiger partial charge is 0.344 e. The van der Waals surface area contributed by atoms with Crippen molar-refractivity contribution in [1.82, 2.24) is 15.8 Å². The molecule has 6 nitrogen and oxygen atoms in total. The van der Waals surface area contributed by atoms with E-state index in [-0.39, 0.29) is 11.8 Å². The number of imide groups is 1. The Balaban J connectivity index is 2.00. The van der Waals surface area contributed by atoms with E-state index < -0.39 is 11.6 Å². The molecular formula is C14H23N3O3. The van der Waals surface area contributed by atoms with Gasteiger partial charge < -0.3 is 5.32 Å². The zero-order valence-corrected chi connectivity index (χ0v) is 12.2. The van der Waals surface area contributed by atoms with Crippen LogP contribution >= 0.6 is 0 Å². The first-order chi connectivity index (χ1) is 9.48. The van der Waals surface area contributed by atoms with Crippen molar-refractivity contribution in [1.29, 1.82) is 0 Å². The van der Waals surface area contributed by atoms with Crippen molar-refractivity contribution in [3.05, 3.63) is 0 Å². The first-order valence-corrected chi connectivity index (χ1v) is 7.44. The first-order valence-electron chi connectivity index (χ1n) is 7.44. The number of unbranched alkanes of at least 4 members (excludes halogenated alkanes) is 1. The summed E-state index contributed by atoms with van der Waals surface area (Å²) in [6, 6.07) is -0.505. The number of carbonyl (C=O) groups is 3. The minimum Gasteiger partial charge on any atom is -0.322 e. The second-order valence-corrected chi connectivity index (χ2v) is 5.97. The summed E-state index contributed by atoms with van der Waals surface area (Å²) >= 11 is 0. The summed E-state index contributed by atoms with van der Waals surface area (Å²) in [6.45, 7) is 4.14. The van der Waals surface area contributed by atoms with E-state index in [9.17, 15) is 14.4 Å². The number of urea groups is 1. The van der Waals surface area contributed by atoms with Gasteiger partial charge in [-0.3, -0.25) is 15.0 Å². The number of nitrogens with zero attached hydrogens (tertiary/aromatic N) is 1. The van der Waals surface area contributed by atoms with Crippen molar-refractivity contribution in [3.63, 3.8) is 0 Å². The van der Waals surface area contributed by atoms with Crippen LogP contribution in [0.3, 0.4) is 0 Å². The lowest BCUT2D eigenvalue weighted by Crippen LogP contribution is -2.51. The molecule has 1 aliphatic heterocycles. The van der Waals surface area contributed by atoms with Crippen LogP contribution in [0.2, 0.25) is 0 Å². The smallest absolute Gasteiger partial charge is 0.322 e. The third-order valence-corrected chi connectivity index (χ3v) is 4.28. The average Bonchev–Trinajstić information content (AvgIpc) is 2.65. The molecule has 2 N–H and O–H groups in total. The van der Waals surface area contributed by atoms with Crippen molar-refractivity contribution >= 4 is 17.8 Å². The lowest BCUT2D eigenvalue weighted by atomic mass is 9.77. The monoisotopic (exact) mass is 281 g/mol. The Hall–Kier alpha value is -1.59. The fraction of sp³-hybridized carbons (Fsp3) is 0.786. The van der Waals surface area contributed by atoms with Crippen LogP contribution in [0.5, 0.6) is 0 Å². The molecule has 0 atom stereocenters. The van der Waals surface area contributed by atoms with Gasteiger partial charge in [0.1, 0.15) is 5.54 Å². The van der Waals surface area contributed by atoms with Gasteiger partial charge in [-0.25, -0.2) is 4.79 Å². The maximum Gasteiger partial charge on any atom is 0.344 e. The molecule has 6 heteroatoms. The van der Waals surface area contributed by atoms with E-state index in [1.54, 1.807) is 0 Å². The molecular weight excluding hydrogens is 258 g/mol. The van der Waals surface area contributed by atoms with E-state index in [4.69, 9.17) is 0 Å². The Morgan fingerprint density at radius 3 is 2.65 bits per heavy atom. The van der Waals surface area contributed by atoms with Crippen LogP contribution in [0.25, 0.3) is 0 Å². The first kappa shape index (κ1) is 14.8. The van der Waals surface area contributed by atoms with Crippen LogP contribution in [-0.4, -0.2) is 28.4 Å². The summed E-state index contributed by atoms with van der Waals surface area (Å²) in [7, 11) is 0. The van der Waals surface area contributed by atoms with Crippen molar-refractivity contribution in [3.8, 4) is 0 Å². The van der Waals surface area contributed by atoms with Gasteiger partial charge in [-0.05, 0) is 38.0 Å². The van der Waals surface area contributed by atoms with Crippen molar-refractivity contribution in [2.24, 2.45) is 5.92 Å². The summed E-state index contributed by atoms with van der Waals surface area (Å²) in [6.07, 6.45) is 5.12. The lowest BCUT2D eigenvalue weighted by Gasteiger charge is -2.33. The molecule has 1 aliphatic carbocycles. The number of amides is 4. The molecule has 0 bridgehead atoms. The highest BCUT2D eigenvalue weighted by atomic mass is 16.2. The van der Waals surface area contributed by atoms with Gasteiger partial charge in [-0.1, -0.05) is 20.3 Å². The molecule has 1 heterocycles. The van der Waals surface area contributed by atoms with E-state index in [2.05, 4.69) is 17.7 Å². The molecule has 112 valence electrons. The predicted molar refractivity (Wildman–Crippen MR) is 73.4 cm³/mol. The van der Waals surface area contributed by atoms with E-state index in [1.165, 1.54) is 0 Å². The molecule has 1 saturated carbocycles. The van der Waals surface area contributed by atoms with Crippen molar-refractivity contribution in [2.45, 2.75) is 64.3 Å².